The highest BCUT2D eigenvalue weighted by molar-refractivity contribution is 7.89. The van der Waals surface area contributed by atoms with Crippen LogP contribution in [0.2, 0.25) is 0 Å². The number of rotatable bonds is 6. The van der Waals surface area contributed by atoms with Crippen molar-refractivity contribution in [2.75, 3.05) is 12.0 Å². The third-order valence-corrected chi connectivity index (χ3v) is 3.49. The number of benzene rings is 1. The number of hydrogen-bond acceptors (Lipinski definition) is 6. The van der Waals surface area contributed by atoms with Gasteiger partial charge in [0.15, 0.2) is 4.90 Å². The molecule has 0 aliphatic heterocycles. The standard InChI is InChI=1S/C8H10F2N4O4S/c9-8(10)4-12-19(17,18)7-3-5(13-11)1-2-6(7)14(15)16/h1-3,8,12-13H,4,11H2. The van der Waals surface area contributed by atoms with Crippen molar-refractivity contribution in [1.82, 2.24) is 4.72 Å². The van der Waals surface area contributed by atoms with E-state index in [0.29, 0.717) is 0 Å². The fourth-order valence-electron chi connectivity index (χ4n) is 1.22. The fraction of sp³-hybridized carbons (Fsp3) is 0.250. The number of nitrogens with zero attached hydrogens (tertiary/aromatic N) is 1. The van der Waals surface area contributed by atoms with E-state index >= 15 is 0 Å². The van der Waals surface area contributed by atoms with Gasteiger partial charge < -0.3 is 5.43 Å². The molecule has 0 spiro atoms. The summed E-state index contributed by atoms with van der Waals surface area (Å²) in [6.07, 6.45) is -2.91. The predicted molar refractivity (Wildman–Crippen MR) is 62.1 cm³/mol. The van der Waals surface area contributed by atoms with Gasteiger partial charge in [-0.3, -0.25) is 16.0 Å². The molecule has 1 rings (SSSR count). The summed E-state index contributed by atoms with van der Waals surface area (Å²) in [5, 5.41) is 10.7. The van der Waals surface area contributed by atoms with Crippen LogP contribution >= 0.6 is 0 Å². The SMILES string of the molecule is NNc1ccc([N+](=O)[O-])c(S(=O)(=O)NCC(F)F)c1. The van der Waals surface area contributed by atoms with Crippen molar-refractivity contribution >= 4 is 21.4 Å². The second-order valence-electron chi connectivity index (χ2n) is 3.33. The van der Waals surface area contributed by atoms with Crippen LogP contribution in [0.4, 0.5) is 20.2 Å². The van der Waals surface area contributed by atoms with E-state index < -0.39 is 38.5 Å². The van der Waals surface area contributed by atoms with Crippen molar-refractivity contribution in [2.24, 2.45) is 5.84 Å². The van der Waals surface area contributed by atoms with E-state index in [1.54, 1.807) is 4.72 Å². The zero-order chi connectivity index (χ0) is 14.6. The van der Waals surface area contributed by atoms with Gasteiger partial charge in [0.25, 0.3) is 12.1 Å². The van der Waals surface area contributed by atoms with Crippen LogP contribution in [0.3, 0.4) is 0 Å². The highest BCUT2D eigenvalue weighted by atomic mass is 32.2. The highest BCUT2D eigenvalue weighted by Crippen LogP contribution is 2.26. The first-order valence-corrected chi connectivity index (χ1v) is 6.29. The molecule has 8 nitrogen and oxygen atoms in total. The summed E-state index contributed by atoms with van der Waals surface area (Å²) in [4.78, 5) is 9.04. The number of hydrogen-bond donors (Lipinski definition) is 3. The van der Waals surface area contributed by atoms with Gasteiger partial charge in [0.2, 0.25) is 10.0 Å². The van der Waals surface area contributed by atoms with Crippen LogP contribution in [0.15, 0.2) is 23.1 Å². The Labute approximate surface area is 106 Å². The maximum Gasteiger partial charge on any atom is 0.289 e. The molecule has 0 saturated heterocycles. The molecule has 0 atom stereocenters. The largest absolute Gasteiger partial charge is 0.324 e. The fourth-order valence-corrected chi connectivity index (χ4v) is 2.42. The van der Waals surface area contributed by atoms with Crippen molar-refractivity contribution < 1.29 is 22.1 Å². The van der Waals surface area contributed by atoms with Gasteiger partial charge in [-0.15, -0.1) is 0 Å². The lowest BCUT2D eigenvalue weighted by Gasteiger charge is -2.08. The Balaban J connectivity index is 3.26. The molecule has 0 fully saturated rings. The zero-order valence-corrected chi connectivity index (χ0v) is 10.2. The molecule has 0 unspecified atom stereocenters. The molecule has 106 valence electrons. The maximum absolute atomic E-state index is 12.0. The number of nitro benzene ring substituents is 1. The molecule has 19 heavy (non-hydrogen) atoms. The number of nitrogen functional groups attached to an aromatic ring is 1. The smallest absolute Gasteiger partial charge is 0.289 e. The van der Waals surface area contributed by atoms with E-state index in [2.05, 4.69) is 5.43 Å². The van der Waals surface area contributed by atoms with Crippen LogP contribution in [0.1, 0.15) is 0 Å². The monoisotopic (exact) mass is 296 g/mol. The topological polar surface area (TPSA) is 127 Å². The summed E-state index contributed by atoms with van der Waals surface area (Å²) in [5.41, 5.74) is 1.46. The zero-order valence-electron chi connectivity index (χ0n) is 9.34. The maximum atomic E-state index is 12.0. The molecule has 0 saturated carbocycles. The highest BCUT2D eigenvalue weighted by Gasteiger charge is 2.26. The molecule has 1 aromatic rings. The van der Waals surface area contributed by atoms with Gasteiger partial charge in [0.05, 0.1) is 17.2 Å². The summed E-state index contributed by atoms with van der Waals surface area (Å²) in [5.74, 6) is 5.06. The number of nitrogens with two attached hydrogens (primary N) is 1. The quantitative estimate of drug-likeness (QED) is 0.396. The Morgan fingerprint density at radius 1 is 1.42 bits per heavy atom. The predicted octanol–water partition coefficient (Wildman–Crippen LogP) is 0.424. The van der Waals surface area contributed by atoms with Crippen LogP contribution in [-0.2, 0) is 10.0 Å². The number of halogens is 2. The molecule has 4 N–H and O–H groups in total. The summed E-state index contributed by atoms with van der Waals surface area (Å²) in [7, 11) is -4.43. The molecule has 0 aromatic heterocycles. The van der Waals surface area contributed by atoms with Crippen LogP contribution in [0.5, 0.6) is 0 Å². The van der Waals surface area contributed by atoms with Crippen LogP contribution in [0.25, 0.3) is 0 Å². The van der Waals surface area contributed by atoms with E-state index in [1.807, 2.05) is 0 Å². The van der Waals surface area contributed by atoms with Crippen molar-refractivity contribution in [1.29, 1.82) is 0 Å². The number of nitro groups is 1. The summed E-state index contributed by atoms with van der Waals surface area (Å²) in [6, 6.07) is 2.97. The molecular weight excluding hydrogens is 286 g/mol. The average Bonchev–Trinajstić information content (AvgIpc) is 2.35. The number of sulfonamides is 1. The lowest BCUT2D eigenvalue weighted by molar-refractivity contribution is -0.387. The number of alkyl halides is 2. The molecule has 0 bridgehead atoms. The van der Waals surface area contributed by atoms with Crippen LogP contribution in [-0.4, -0.2) is 26.3 Å². The second-order valence-corrected chi connectivity index (χ2v) is 5.06. The van der Waals surface area contributed by atoms with Crippen LogP contribution < -0.4 is 16.0 Å². The van der Waals surface area contributed by atoms with Gasteiger partial charge in [0.1, 0.15) is 0 Å². The van der Waals surface area contributed by atoms with Gasteiger partial charge >= 0.3 is 0 Å². The third kappa shape index (κ3) is 3.81. The van der Waals surface area contributed by atoms with Crippen molar-refractivity contribution in [3.05, 3.63) is 28.3 Å². The molecule has 0 aliphatic rings. The molecule has 0 aliphatic carbocycles. The number of nitrogens with one attached hydrogen (secondary N) is 2. The van der Waals surface area contributed by atoms with Gasteiger partial charge in [-0.2, -0.15) is 0 Å². The minimum atomic E-state index is -4.43. The Morgan fingerprint density at radius 3 is 2.53 bits per heavy atom. The van der Waals surface area contributed by atoms with E-state index in [4.69, 9.17) is 5.84 Å². The van der Waals surface area contributed by atoms with Gasteiger partial charge in [-0.1, -0.05) is 0 Å². The molecule has 0 amide bonds. The van der Waals surface area contributed by atoms with E-state index in [9.17, 15) is 27.3 Å². The van der Waals surface area contributed by atoms with Crippen molar-refractivity contribution in [3.8, 4) is 0 Å². The normalized spacial score (nSPS) is 11.6. The number of anilines is 1. The van der Waals surface area contributed by atoms with Crippen LogP contribution in [0, 0.1) is 10.1 Å². The first-order chi connectivity index (χ1) is 8.77. The Kier molecular flexibility index (Phi) is 4.69. The first-order valence-electron chi connectivity index (χ1n) is 4.81. The Bertz CT molecular complexity index is 578. The summed E-state index contributed by atoms with van der Waals surface area (Å²) < 4.78 is 49.0. The van der Waals surface area contributed by atoms with Gasteiger partial charge in [-0.25, -0.2) is 21.9 Å². The molecule has 1 aromatic carbocycles. The van der Waals surface area contributed by atoms with Gasteiger partial charge in [-0.05, 0) is 12.1 Å². The number of hydrazine groups is 1. The van der Waals surface area contributed by atoms with E-state index in [-0.39, 0.29) is 5.69 Å². The van der Waals surface area contributed by atoms with Crippen molar-refractivity contribution in [3.63, 3.8) is 0 Å². The lowest BCUT2D eigenvalue weighted by Crippen LogP contribution is -2.29. The summed E-state index contributed by atoms with van der Waals surface area (Å²) >= 11 is 0. The average molecular weight is 296 g/mol. The third-order valence-electron chi connectivity index (χ3n) is 2.04. The van der Waals surface area contributed by atoms with Gasteiger partial charge in [0, 0.05) is 6.07 Å². The molecule has 0 radical (unpaired) electrons. The van der Waals surface area contributed by atoms with E-state index in [1.165, 1.54) is 6.07 Å². The molecular formula is C8H10F2N4O4S. The molecule has 11 heteroatoms. The Morgan fingerprint density at radius 2 is 2.05 bits per heavy atom. The molecule has 0 heterocycles. The van der Waals surface area contributed by atoms with E-state index in [0.717, 1.165) is 12.1 Å². The second kappa shape index (κ2) is 5.86. The first kappa shape index (κ1) is 15.2. The lowest BCUT2D eigenvalue weighted by atomic mass is 10.3. The van der Waals surface area contributed by atoms with Crippen molar-refractivity contribution in [2.45, 2.75) is 11.3 Å². The minimum Gasteiger partial charge on any atom is -0.324 e. The minimum absolute atomic E-state index is 0.0861. The summed E-state index contributed by atoms with van der Waals surface area (Å²) in [6.45, 7) is -1.14. The Hall–Kier alpha value is -1.85.